The number of ether oxygens (including phenoxy) is 1. The highest BCUT2D eigenvalue weighted by Gasteiger charge is 2.10. The first kappa shape index (κ1) is 16.2. The summed E-state index contributed by atoms with van der Waals surface area (Å²) >= 11 is 12.1. The van der Waals surface area contributed by atoms with Crippen LogP contribution < -0.4 is 10.1 Å². The van der Waals surface area contributed by atoms with Crippen molar-refractivity contribution in [3.63, 3.8) is 0 Å². The molecule has 4 heteroatoms. The van der Waals surface area contributed by atoms with E-state index in [1.807, 2.05) is 30.3 Å². The standard InChI is InChI=1S/C17H19Cl2NO/c1-17(2,3)20-11-12-4-9-16(15(19)10-12)21-14-7-5-13(18)6-8-14/h4-10,20H,11H2,1-3H3. The fraction of sp³-hybridized carbons (Fsp3) is 0.294. The van der Waals surface area contributed by atoms with Crippen molar-refractivity contribution in [1.29, 1.82) is 0 Å². The molecule has 112 valence electrons. The minimum absolute atomic E-state index is 0.0744. The Morgan fingerprint density at radius 1 is 1.00 bits per heavy atom. The lowest BCUT2D eigenvalue weighted by Gasteiger charge is -2.20. The van der Waals surface area contributed by atoms with Gasteiger partial charge in [-0.1, -0.05) is 29.3 Å². The van der Waals surface area contributed by atoms with Crippen LogP contribution in [0.15, 0.2) is 42.5 Å². The van der Waals surface area contributed by atoms with Gasteiger partial charge in [0.25, 0.3) is 0 Å². The van der Waals surface area contributed by atoms with Gasteiger partial charge in [-0.15, -0.1) is 0 Å². The van der Waals surface area contributed by atoms with Gasteiger partial charge < -0.3 is 10.1 Å². The molecule has 2 nitrogen and oxygen atoms in total. The predicted molar refractivity (Wildman–Crippen MR) is 89.6 cm³/mol. The fourth-order valence-electron chi connectivity index (χ4n) is 1.73. The maximum absolute atomic E-state index is 6.28. The number of hydrogen-bond acceptors (Lipinski definition) is 2. The van der Waals surface area contributed by atoms with Gasteiger partial charge in [0.1, 0.15) is 11.5 Å². The summed E-state index contributed by atoms with van der Waals surface area (Å²) < 4.78 is 5.75. The fourth-order valence-corrected chi connectivity index (χ4v) is 2.10. The van der Waals surface area contributed by atoms with Crippen molar-refractivity contribution in [1.82, 2.24) is 5.32 Å². The molecule has 2 rings (SSSR count). The molecule has 0 saturated carbocycles. The van der Waals surface area contributed by atoms with Gasteiger partial charge in [-0.05, 0) is 62.7 Å². The molecule has 0 aliphatic heterocycles. The van der Waals surface area contributed by atoms with Crippen LogP contribution in [0.4, 0.5) is 0 Å². The summed E-state index contributed by atoms with van der Waals surface area (Å²) in [4.78, 5) is 0. The van der Waals surface area contributed by atoms with Crippen molar-refractivity contribution in [3.05, 3.63) is 58.1 Å². The van der Waals surface area contributed by atoms with Gasteiger partial charge >= 0.3 is 0 Å². The predicted octanol–water partition coefficient (Wildman–Crippen LogP) is 5.67. The molecule has 0 fully saturated rings. The van der Waals surface area contributed by atoms with Crippen molar-refractivity contribution in [2.45, 2.75) is 32.9 Å². The van der Waals surface area contributed by atoms with Crippen LogP contribution in [0.25, 0.3) is 0 Å². The summed E-state index contributed by atoms with van der Waals surface area (Å²) in [6, 6.07) is 13.0. The summed E-state index contributed by atoms with van der Waals surface area (Å²) in [5, 5.41) is 4.70. The normalized spacial score (nSPS) is 11.5. The van der Waals surface area contributed by atoms with E-state index in [0.717, 1.165) is 12.1 Å². The zero-order valence-corrected chi connectivity index (χ0v) is 13.9. The van der Waals surface area contributed by atoms with Crippen LogP contribution in [0, 0.1) is 0 Å². The molecule has 0 aliphatic rings. The first-order valence-corrected chi connectivity index (χ1v) is 7.56. The van der Waals surface area contributed by atoms with E-state index in [1.54, 1.807) is 12.1 Å². The SMILES string of the molecule is CC(C)(C)NCc1ccc(Oc2ccc(Cl)cc2)c(Cl)c1. The van der Waals surface area contributed by atoms with Crippen LogP contribution in [0.3, 0.4) is 0 Å². The molecule has 1 N–H and O–H groups in total. The van der Waals surface area contributed by atoms with Gasteiger partial charge in [0.15, 0.2) is 0 Å². The highest BCUT2D eigenvalue weighted by molar-refractivity contribution is 6.32. The highest BCUT2D eigenvalue weighted by Crippen LogP contribution is 2.30. The lowest BCUT2D eigenvalue weighted by atomic mass is 10.1. The third-order valence-corrected chi connectivity index (χ3v) is 3.41. The Labute approximate surface area is 136 Å². The lowest BCUT2D eigenvalue weighted by Crippen LogP contribution is -2.35. The highest BCUT2D eigenvalue weighted by atomic mass is 35.5. The Bertz CT molecular complexity index is 603. The van der Waals surface area contributed by atoms with Gasteiger partial charge in [-0.25, -0.2) is 0 Å². The molecule has 0 heterocycles. The summed E-state index contributed by atoms with van der Waals surface area (Å²) in [5.74, 6) is 1.35. The third kappa shape index (κ3) is 5.24. The van der Waals surface area contributed by atoms with E-state index in [0.29, 0.717) is 21.5 Å². The Balaban J connectivity index is 2.07. The zero-order valence-electron chi connectivity index (χ0n) is 12.4. The second kappa shape index (κ2) is 6.69. The molecule has 0 aromatic heterocycles. The quantitative estimate of drug-likeness (QED) is 0.782. The van der Waals surface area contributed by atoms with Crippen molar-refractivity contribution in [2.75, 3.05) is 0 Å². The average molecular weight is 324 g/mol. The summed E-state index contributed by atoms with van der Waals surface area (Å²) in [7, 11) is 0. The molecule has 0 amide bonds. The van der Waals surface area contributed by atoms with Crippen LogP contribution in [0.2, 0.25) is 10.0 Å². The van der Waals surface area contributed by atoms with Crippen LogP contribution in [0.5, 0.6) is 11.5 Å². The molecular weight excluding hydrogens is 305 g/mol. The first-order chi connectivity index (χ1) is 9.83. The summed E-state index contributed by atoms with van der Waals surface area (Å²) in [6.07, 6.45) is 0. The van der Waals surface area contributed by atoms with E-state index in [4.69, 9.17) is 27.9 Å². The Morgan fingerprint density at radius 2 is 1.67 bits per heavy atom. The van der Waals surface area contributed by atoms with Crippen LogP contribution >= 0.6 is 23.2 Å². The van der Waals surface area contributed by atoms with E-state index in [9.17, 15) is 0 Å². The largest absolute Gasteiger partial charge is 0.456 e. The second-order valence-corrected chi connectivity index (χ2v) is 6.77. The summed E-state index contributed by atoms with van der Waals surface area (Å²) in [6.45, 7) is 7.16. The Hall–Kier alpha value is -1.22. The lowest BCUT2D eigenvalue weighted by molar-refractivity contribution is 0.424. The van der Waals surface area contributed by atoms with Gasteiger partial charge in [-0.2, -0.15) is 0 Å². The topological polar surface area (TPSA) is 21.3 Å². The van der Waals surface area contributed by atoms with E-state index in [1.165, 1.54) is 0 Å². The monoisotopic (exact) mass is 323 g/mol. The van der Waals surface area contributed by atoms with Gasteiger partial charge in [0.2, 0.25) is 0 Å². The number of nitrogens with one attached hydrogen (secondary N) is 1. The molecule has 0 radical (unpaired) electrons. The van der Waals surface area contributed by atoms with Crippen molar-refractivity contribution in [3.8, 4) is 11.5 Å². The first-order valence-electron chi connectivity index (χ1n) is 6.80. The maximum Gasteiger partial charge on any atom is 0.146 e. The molecule has 2 aromatic rings. The van der Waals surface area contributed by atoms with Crippen molar-refractivity contribution in [2.24, 2.45) is 0 Å². The van der Waals surface area contributed by atoms with Crippen LogP contribution in [0.1, 0.15) is 26.3 Å². The van der Waals surface area contributed by atoms with Gasteiger partial charge in [-0.3, -0.25) is 0 Å². The van der Waals surface area contributed by atoms with Gasteiger partial charge in [0, 0.05) is 17.1 Å². The Kier molecular flexibility index (Phi) is 5.15. The molecule has 2 aromatic carbocycles. The smallest absolute Gasteiger partial charge is 0.146 e. The van der Waals surface area contributed by atoms with Gasteiger partial charge in [0.05, 0.1) is 5.02 Å². The van der Waals surface area contributed by atoms with Crippen molar-refractivity contribution < 1.29 is 4.74 Å². The minimum atomic E-state index is 0.0744. The average Bonchev–Trinajstić information content (AvgIpc) is 2.41. The molecule has 0 bridgehead atoms. The molecule has 0 atom stereocenters. The number of halogens is 2. The number of hydrogen-bond donors (Lipinski definition) is 1. The molecule has 0 unspecified atom stereocenters. The molecular formula is C17H19Cl2NO. The van der Waals surface area contributed by atoms with E-state index in [2.05, 4.69) is 26.1 Å². The molecule has 0 spiro atoms. The van der Waals surface area contributed by atoms with E-state index < -0.39 is 0 Å². The third-order valence-electron chi connectivity index (χ3n) is 2.86. The molecule has 21 heavy (non-hydrogen) atoms. The molecule has 0 aliphatic carbocycles. The Morgan fingerprint density at radius 3 is 2.24 bits per heavy atom. The maximum atomic E-state index is 6.28. The van der Waals surface area contributed by atoms with Crippen LogP contribution in [-0.2, 0) is 6.54 Å². The second-order valence-electron chi connectivity index (χ2n) is 5.92. The number of rotatable bonds is 4. The van der Waals surface area contributed by atoms with E-state index in [-0.39, 0.29) is 5.54 Å². The van der Waals surface area contributed by atoms with E-state index >= 15 is 0 Å². The van der Waals surface area contributed by atoms with Crippen molar-refractivity contribution >= 4 is 23.2 Å². The number of benzene rings is 2. The zero-order chi connectivity index (χ0) is 15.5. The van der Waals surface area contributed by atoms with Crippen LogP contribution in [-0.4, -0.2) is 5.54 Å². The molecule has 0 saturated heterocycles. The summed E-state index contributed by atoms with van der Waals surface area (Å²) in [5.41, 5.74) is 1.20. The minimum Gasteiger partial charge on any atom is -0.456 e.